The number of rotatable bonds is 5. The Labute approximate surface area is 72.0 Å². The second-order valence-electron chi connectivity index (χ2n) is 2.87. The molecule has 1 nitrogen and oxygen atoms in total. The molecule has 0 aromatic heterocycles. The van der Waals surface area contributed by atoms with Crippen LogP contribution in [-0.4, -0.2) is 11.4 Å². The Balaban J connectivity index is 3.17. The van der Waals surface area contributed by atoms with Crippen LogP contribution in [0.15, 0.2) is 0 Å². The Morgan fingerprint density at radius 2 is 2.00 bits per heavy atom. The molecule has 0 heterocycles. The summed E-state index contributed by atoms with van der Waals surface area (Å²) in [6.45, 7) is 4.12. The van der Waals surface area contributed by atoms with Crippen LogP contribution in [-0.2, 0) is 5.11 Å². The number of halogens is 1. The first kappa shape index (κ1) is 10.4. The summed E-state index contributed by atoms with van der Waals surface area (Å²) in [7, 11) is 0. The predicted molar refractivity (Wildman–Crippen MR) is 47.0 cm³/mol. The zero-order valence-electron chi connectivity index (χ0n) is 6.77. The minimum absolute atomic E-state index is 0.332. The van der Waals surface area contributed by atoms with Crippen LogP contribution in [0.3, 0.4) is 0 Å². The van der Waals surface area contributed by atoms with Crippen molar-refractivity contribution in [3.8, 4) is 0 Å². The molecule has 61 valence electrons. The molecule has 2 heteroatoms. The largest absolute Gasteiger partial charge is 0.233 e. The van der Waals surface area contributed by atoms with Crippen molar-refractivity contribution in [1.29, 1.82) is 0 Å². The maximum absolute atomic E-state index is 10.9. The second kappa shape index (κ2) is 6.17. The summed E-state index contributed by atoms with van der Waals surface area (Å²) < 4.78 is 0. The molecule has 10 heavy (non-hydrogen) atoms. The average molecular weight is 208 g/mol. The SMILES string of the molecule is CCC([O])CCC(C)CBr. The van der Waals surface area contributed by atoms with Gasteiger partial charge in [0.1, 0.15) is 0 Å². The molecular weight excluding hydrogens is 192 g/mol. The number of hydrogen-bond acceptors (Lipinski definition) is 0. The van der Waals surface area contributed by atoms with E-state index in [-0.39, 0.29) is 6.10 Å². The quantitative estimate of drug-likeness (QED) is 0.619. The molecule has 0 aliphatic heterocycles. The monoisotopic (exact) mass is 207 g/mol. The first-order chi connectivity index (χ1) is 4.70. The van der Waals surface area contributed by atoms with Crippen LogP contribution in [0, 0.1) is 5.92 Å². The summed E-state index contributed by atoms with van der Waals surface area (Å²) in [5.41, 5.74) is 0. The zero-order chi connectivity index (χ0) is 7.98. The van der Waals surface area contributed by atoms with Crippen molar-refractivity contribution in [3.05, 3.63) is 0 Å². The van der Waals surface area contributed by atoms with Crippen molar-refractivity contribution in [2.24, 2.45) is 5.92 Å². The highest BCUT2D eigenvalue weighted by Crippen LogP contribution is 2.11. The van der Waals surface area contributed by atoms with Gasteiger partial charge in [0.05, 0.1) is 6.10 Å². The lowest BCUT2D eigenvalue weighted by Gasteiger charge is -2.08. The highest BCUT2D eigenvalue weighted by molar-refractivity contribution is 9.09. The van der Waals surface area contributed by atoms with Crippen molar-refractivity contribution in [2.75, 3.05) is 5.33 Å². The average Bonchev–Trinajstić information content (AvgIpc) is 1.99. The Kier molecular flexibility index (Phi) is 6.44. The van der Waals surface area contributed by atoms with Gasteiger partial charge in [-0.3, -0.25) is 0 Å². The van der Waals surface area contributed by atoms with Crippen LogP contribution in [0.1, 0.15) is 33.1 Å². The van der Waals surface area contributed by atoms with Crippen molar-refractivity contribution < 1.29 is 5.11 Å². The summed E-state index contributed by atoms with van der Waals surface area (Å²) in [6.07, 6.45) is 2.34. The Morgan fingerprint density at radius 1 is 1.40 bits per heavy atom. The highest BCUT2D eigenvalue weighted by Gasteiger charge is 2.05. The molecule has 0 spiro atoms. The van der Waals surface area contributed by atoms with Gasteiger partial charge in [0.2, 0.25) is 0 Å². The molecule has 1 radical (unpaired) electrons. The lowest BCUT2D eigenvalue weighted by Crippen LogP contribution is -2.05. The normalized spacial score (nSPS) is 16.8. The van der Waals surface area contributed by atoms with Crippen LogP contribution in [0.5, 0.6) is 0 Å². The van der Waals surface area contributed by atoms with Crippen molar-refractivity contribution in [2.45, 2.75) is 39.2 Å². The van der Waals surface area contributed by atoms with Gasteiger partial charge in [-0.2, -0.15) is 0 Å². The first-order valence-corrected chi connectivity index (χ1v) is 5.04. The summed E-state index contributed by atoms with van der Waals surface area (Å²) in [4.78, 5) is 0. The zero-order valence-corrected chi connectivity index (χ0v) is 8.36. The third kappa shape index (κ3) is 5.24. The predicted octanol–water partition coefficient (Wildman–Crippen LogP) is 3.01. The second-order valence-corrected chi connectivity index (χ2v) is 3.51. The fourth-order valence-corrected chi connectivity index (χ4v) is 1.08. The molecule has 0 aromatic rings. The molecule has 0 aliphatic carbocycles. The lowest BCUT2D eigenvalue weighted by molar-refractivity contribution is 0.0733. The van der Waals surface area contributed by atoms with E-state index in [0.29, 0.717) is 5.92 Å². The van der Waals surface area contributed by atoms with E-state index in [1.54, 1.807) is 0 Å². The maximum Gasteiger partial charge on any atom is 0.0927 e. The van der Waals surface area contributed by atoms with E-state index in [9.17, 15) is 5.11 Å². The summed E-state index contributed by atoms with van der Waals surface area (Å²) >= 11 is 3.38. The van der Waals surface area contributed by atoms with Crippen LogP contribution in [0.4, 0.5) is 0 Å². The van der Waals surface area contributed by atoms with Crippen molar-refractivity contribution in [1.82, 2.24) is 0 Å². The van der Waals surface area contributed by atoms with Gasteiger partial charge in [-0.1, -0.05) is 29.8 Å². The van der Waals surface area contributed by atoms with Crippen LogP contribution < -0.4 is 0 Å². The third-order valence-corrected chi connectivity index (χ3v) is 2.81. The van der Waals surface area contributed by atoms with Crippen LogP contribution >= 0.6 is 15.9 Å². The fourth-order valence-electron chi connectivity index (χ4n) is 0.752. The van der Waals surface area contributed by atoms with E-state index in [4.69, 9.17) is 0 Å². The molecular formula is C8H16BrO. The Morgan fingerprint density at radius 3 is 2.40 bits per heavy atom. The van der Waals surface area contributed by atoms with Crippen LogP contribution in [0.25, 0.3) is 0 Å². The van der Waals surface area contributed by atoms with E-state index in [0.717, 1.165) is 24.6 Å². The molecule has 0 amide bonds. The Bertz CT molecular complexity index is 65.7. The molecule has 0 bridgehead atoms. The van der Waals surface area contributed by atoms with Gasteiger partial charge in [-0.15, -0.1) is 0 Å². The first-order valence-electron chi connectivity index (χ1n) is 3.92. The van der Waals surface area contributed by atoms with E-state index in [1.165, 1.54) is 0 Å². The molecule has 0 aromatic carbocycles. The van der Waals surface area contributed by atoms with Gasteiger partial charge in [-0.25, -0.2) is 5.11 Å². The fraction of sp³-hybridized carbons (Fsp3) is 1.00. The third-order valence-electron chi connectivity index (χ3n) is 1.70. The summed E-state index contributed by atoms with van der Waals surface area (Å²) in [6, 6.07) is 0. The molecule has 0 fully saturated rings. The molecule has 2 atom stereocenters. The summed E-state index contributed by atoms with van der Waals surface area (Å²) in [5.74, 6) is 0.656. The number of hydrogen-bond donors (Lipinski definition) is 0. The van der Waals surface area contributed by atoms with Gasteiger partial charge < -0.3 is 0 Å². The van der Waals surface area contributed by atoms with Gasteiger partial charge in [-0.05, 0) is 25.2 Å². The molecule has 0 saturated heterocycles. The highest BCUT2D eigenvalue weighted by atomic mass is 79.9. The molecule has 0 N–H and O–H groups in total. The van der Waals surface area contributed by atoms with E-state index in [1.807, 2.05) is 6.92 Å². The Hall–Kier alpha value is 0.440. The van der Waals surface area contributed by atoms with Crippen LogP contribution in [0.2, 0.25) is 0 Å². The van der Waals surface area contributed by atoms with Gasteiger partial charge >= 0.3 is 0 Å². The van der Waals surface area contributed by atoms with Crippen molar-refractivity contribution >= 4 is 15.9 Å². The summed E-state index contributed by atoms with van der Waals surface area (Å²) in [5, 5.41) is 11.9. The van der Waals surface area contributed by atoms with Crippen molar-refractivity contribution in [3.63, 3.8) is 0 Å². The molecule has 0 saturated carbocycles. The lowest BCUT2D eigenvalue weighted by atomic mass is 10.0. The van der Waals surface area contributed by atoms with E-state index in [2.05, 4.69) is 22.9 Å². The molecule has 0 rings (SSSR count). The molecule has 2 unspecified atom stereocenters. The standard InChI is InChI=1S/C8H16BrO/c1-3-8(10)5-4-7(2)6-9/h7-8H,3-6H2,1-2H3. The minimum Gasteiger partial charge on any atom is -0.233 e. The van der Waals surface area contributed by atoms with E-state index < -0.39 is 0 Å². The van der Waals surface area contributed by atoms with Gasteiger partial charge in [0.15, 0.2) is 0 Å². The maximum atomic E-state index is 10.9. The smallest absolute Gasteiger partial charge is 0.0927 e. The topological polar surface area (TPSA) is 19.9 Å². The van der Waals surface area contributed by atoms with E-state index >= 15 is 0 Å². The minimum atomic E-state index is -0.332. The molecule has 0 aliphatic rings. The van der Waals surface area contributed by atoms with Gasteiger partial charge in [0, 0.05) is 5.33 Å². The van der Waals surface area contributed by atoms with Gasteiger partial charge in [0.25, 0.3) is 0 Å². The number of alkyl halides is 1.